The summed E-state index contributed by atoms with van der Waals surface area (Å²) in [5.41, 5.74) is 3.60. The number of nitrogens with one attached hydrogen (secondary N) is 1. The number of hydrogen-bond donors (Lipinski definition) is 1. The Labute approximate surface area is 129 Å². The third kappa shape index (κ3) is 1.99. The summed E-state index contributed by atoms with van der Waals surface area (Å²) in [5.74, 6) is 1.39. The van der Waals surface area contributed by atoms with E-state index >= 15 is 0 Å². The van der Waals surface area contributed by atoms with Gasteiger partial charge < -0.3 is 4.74 Å². The van der Waals surface area contributed by atoms with Gasteiger partial charge in [0, 0.05) is 5.92 Å². The average Bonchev–Trinajstić information content (AvgIpc) is 3.15. The number of fused-ring (bicyclic) bond motifs is 2. The summed E-state index contributed by atoms with van der Waals surface area (Å²) in [6.07, 6.45) is 4.12. The fourth-order valence-corrected chi connectivity index (χ4v) is 4.07. The number of benzene rings is 1. The molecule has 2 aliphatic rings. The Morgan fingerprint density at radius 1 is 1.29 bits per heavy atom. The molecule has 0 amide bonds. The molecule has 4 nitrogen and oxygen atoms in total. The monoisotopic (exact) mass is 301 g/mol. The van der Waals surface area contributed by atoms with Crippen LogP contribution in [0.25, 0.3) is 5.69 Å². The molecular formula is C16H19N3OS. The number of aryl methyl sites for hydroxylation is 2. The van der Waals surface area contributed by atoms with Crippen molar-refractivity contribution < 1.29 is 4.74 Å². The van der Waals surface area contributed by atoms with Crippen LogP contribution < -0.4 is 0 Å². The van der Waals surface area contributed by atoms with Crippen LogP contribution in [0.2, 0.25) is 0 Å². The molecule has 1 N–H and O–H groups in total. The minimum atomic E-state index is 0.309. The number of ether oxygens (including phenoxy) is 1. The van der Waals surface area contributed by atoms with Gasteiger partial charge in [-0.3, -0.25) is 9.67 Å². The standard InChI is InChI=1S/C16H19N3OS/c1-9-4-3-5-10(2)14(9)19-15(17-18-16(19)21)12-8-11-6-7-13(12)20-11/h3-5,11-13H,6-8H2,1-2H3,(H,18,21)/t11-,12+,13+/m0/s1. The van der Waals surface area contributed by atoms with Gasteiger partial charge in [0.2, 0.25) is 0 Å². The van der Waals surface area contributed by atoms with Crippen LogP contribution in [0.1, 0.15) is 42.1 Å². The van der Waals surface area contributed by atoms with E-state index in [-0.39, 0.29) is 0 Å². The van der Waals surface area contributed by atoms with Crippen molar-refractivity contribution in [3.8, 4) is 5.69 Å². The van der Waals surface area contributed by atoms with Gasteiger partial charge in [-0.05, 0) is 56.5 Å². The normalized spacial score (nSPS) is 27.4. The molecular weight excluding hydrogens is 282 g/mol. The van der Waals surface area contributed by atoms with E-state index in [9.17, 15) is 0 Å². The van der Waals surface area contributed by atoms with Crippen LogP contribution in [0.3, 0.4) is 0 Å². The van der Waals surface area contributed by atoms with Crippen molar-refractivity contribution in [1.82, 2.24) is 14.8 Å². The summed E-state index contributed by atoms with van der Waals surface area (Å²) >= 11 is 5.50. The molecule has 2 aromatic rings. The molecule has 0 aliphatic carbocycles. The number of aromatic nitrogens is 3. The lowest BCUT2D eigenvalue weighted by Crippen LogP contribution is -2.19. The summed E-state index contributed by atoms with van der Waals surface area (Å²) in [6, 6.07) is 6.33. The number of nitrogens with zero attached hydrogens (tertiary/aromatic N) is 2. The SMILES string of the molecule is Cc1cccc(C)c1-n1c([C@@H]2C[C@@H]3CC[C@H]2O3)n[nH]c1=S. The van der Waals surface area contributed by atoms with E-state index in [1.54, 1.807) is 0 Å². The maximum Gasteiger partial charge on any atom is 0.199 e. The van der Waals surface area contributed by atoms with Gasteiger partial charge in [0.1, 0.15) is 5.82 Å². The van der Waals surface area contributed by atoms with Gasteiger partial charge in [0.05, 0.1) is 17.9 Å². The molecule has 3 heterocycles. The Morgan fingerprint density at radius 2 is 2.05 bits per heavy atom. The first kappa shape index (κ1) is 13.2. The van der Waals surface area contributed by atoms with Crippen LogP contribution in [0.4, 0.5) is 0 Å². The van der Waals surface area contributed by atoms with Crippen LogP contribution in [0.5, 0.6) is 0 Å². The van der Waals surface area contributed by atoms with Gasteiger partial charge in [0.25, 0.3) is 0 Å². The van der Waals surface area contributed by atoms with E-state index in [4.69, 9.17) is 17.0 Å². The number of rotatable bonds is 2. The van der Waals surface area contributed by atoms with Gasteiger partial charge >= 0.3 is 0 Å². The first-order valence-corrected chi connectivity index (χ1v) is 7.95. The fourth-order valence-electron chi connectivity index (χ4n) is 3.84. The lowest BCUT2D eigenvalue weighted by atomic mass is 9.88. The van der Waals surface area contributed by atoms with Crippen molar-refractivity contribution in [2.24, 2.45) is 0 Å². The summed E-state index contributed by atoms with van der Waals surface area (Å²) in [7, 11) is 0. The Hall–Kier alpha value is -1.46. The Bertz CT molecular complexity index is 728. The van der Waals surface area contributed by atoms with Crippen molar-refractivity contribution in [2.75, 3.05) is 0 Å². The van der Waals surface area contributed by atoms with Gasteiger partial charge in [-0.1, -0.05) is 18.2 Å². The molecule has 0 radical (unpaired) electrons. The first-order chi connectivity index (χ1) is 10.1. The summed E-state index contributed by atoms with van der Waals surface area (Å²) in [6.45, 7) is 4.25. The second-order valence-corrected chi connectivity index (χ2v) is 6.57. The molecule has 0 unspecified atom stereocenters. The van der Waals surface area contributed by atoms with E-state index in [2.05, 4.69) is 46.8 Å². The minimum absolute atomic E-state index is 0.309. The van der Waals surface area contributed by atoms with E-state index in [0.717, 1.165) is 24.4 Å². The maximum absolute atomic E-state index is 6.00. The number of hydrogen-bond acceptors (Lipinski definition) is 3. The molecule has 110 valence electrons. The highest BCUT2D eigenvalue weighted by atomic mass is 32.1. The molecule has 5 heteroatoms. The maximum atomic E-state index is 6.00. The minimum Gasteiger partial charge on any atom is -0.374 e. The van der Waals surface area contributed by atoms with E-state index in [1.807, 2.05) is 0 Å². The van der Waals surface area contributed by atoms with Gasteiger partial charge in [-0.25, -0.2) is 0 Å². The van der Waals surface area contributed by atoms with E-state index in [1.165, 1.54) is 17.5 Å². The highest BCUT2D eigenvalue weighted by molar-refractivity contribution is 7.71. The summed E-state index contributed by atoms with van der Waals surface area (Å²) in [5, 5.41) is 7.53. The molecule has 3 atom stereocenters. The van der Waals surface area contributed by atoms with Crippen LogP contribution in [0, 0.1) is 18.6 Å². The first-order valence-electron chi connectivity index (χ1n) is 7.54. The molecule has 1 aromatic carbocycles. The summed E-state index contributed by atoms with van der Waals surface area (Å²) in [4.78, 5) is 0. The van der Waals surface area contributed by atoms with E-state index in [0.29, 0.717) is 22.9 Å². The highest BCUT2D eigenvalue weighted by Crippen LogP contribution is 2.44. The van der Waals surface area contributed by atoms with Crippen LogP contribution >= 0.6 is 12.2 Å². The second kappa shape index (κ2) is 4.78. The lowest BCUT2D eigenvalue weighted by Gasteiger charge is -2.20. The number of aromatic amines is 1. The third-order valence-corrected chi connectivity index (χ3v) is 5.07. The predicted molar refractivity (Wildman–Crippen MR) is 83.5 cm³/mol. The Morgan fingerprint density at radius 3 is 2.67 bits per heavy atom. The quantitative estimate of drug-likeness (QED) is 0.862. The number of para-hydroxylation sites is 1. The van der Waals surface area contributed by atoms with Crippen LogP contribution in [-0.2, 0) is 4.74 Å². The van der Waals surface area contributed by atoms with Crippen molar-refractivity contribution >= 4 is 12.2 Å². The molecule has 2 aliphatic heterocycles. The Kier molecular flexibility index (Phi) is 3.01. The molecule has 0 spiro atoms. The highest BCUT2D eigenvalue weighted by Gasteiger charge is 2.43. The molecule has 4 rings (SSSR count). The zero-order valence-corrected chi connectivity index (χ0v) is 13.1. The third-order valence-electron chi connectivity index (χ3n) is 4.80. The zero-order chi connectivity index (χ0) is 14.6. The summed E-state index contributed by atoms with van der Waals surface area (Å²) < 4.78 is 8.79. The fraction of sp³-hybridized carbons (Fsp3) is 0.500. The molecule has 21 heavy (non-hydrogen) atoms. The molecule has 2 bridgehead atoms. The Balaban J connectivity index is 1.87. The topological polar surface area (TPSA) is 42.8 Å². The van der Waals surface area contributed by atoms with Gasteiger partial charge in [-0.15, -0.1) is 0 Å². The van der Waals surface area contributed by atoms with Crippen molar-refractivity contribution in [3.05, 3.63) is 39.9 Å². The van der Waals surface area contributed by atoms with Crippen LogP contribution in [0.15, 0.2) is 18.2 Å². The van der Waals surface area contributed by atoms with Crippen molar-refractivity contribution in [3.63, 3.8) is 0 Å². The predicted octanol–water partition coefficient (Wildman–Crippen LogP) is 3.58. The molecule has 1 aromatic heterocycles. The van der Waals surface area contributed by atoms with Gasteiger partial charge in [0.15, 0.2) is 4.77 Å². The smallest absolute Gasteiger partial charge is 0.199 e. The molecule has 2 saturated heterocycles. The second-order valence-electron chi connectivity index (χ2n) is 6.18. The molecule has 0 saturated carbocycles. The van der Waals surface area contributed by atoms with Crippen molar-refractivity contribution in [1.29, 1.82) is 0 Å². The van der Waals surface area contributed by atoms with Gasteiger partial charge in [-0.2, -0.15) is 5.10 Å². The van der Waals surface area contributed by atoms with Crippen molar-refractivity contribution in [2.45, 2.75) is 51.2 Å². The largest absolute Gasteiger partial charge is 0.374 e. The average molecular weight is 301 g/mol. The zero-order valence-electron chi connectivity index (χ0n) is 12.3. The molecule has 2 fully saturated rings. The van der Waals surface area contributed by atoms with E-state index < -0.39 is 0 Å². The van der Waals surface area contributed by atoms with Crippen LogP contribution in [-0.4, -0.2) is 27.0 Å². The lowest BCUT2D eigenvalue weighted by molar-refractivity contribution is 0.0997. The number of H-pyrrole nitrogens is 1.